The van der Waals surface area contributed by atoms with E-state index in [1.807, 2.05) is 0 Å². The predicted molar refractivity (Wildman–Crippen MR) is 413 cm³/mol. The first-order chi connectivity index (χ1) is 56.2. The number of amides is 9. The van der Waals surface area contributed by atoms with Gasteiger partial charge < -0.3 is 126 Å². The summed E-state index contributed by atoms with van der Waals surface area (Å²) in [6.45, 7) is 21.5. The number of guanidine groups is 2. The molecule has 10 atom stereocenters. The quantitative estimate of drug-likeness (QED) is 0.0106. The molecule has 2 saturated heterocycles. The Labute approximate surface area is 691 Å². The molecule has 0 saturated carbocycles. The second kappa shape index (κ2) is 52.3. The summed E-state index contributed by atoms with van der Waals surface area (Å²) in [5, 5.41) is 20.3. The van der Waals surface area contributed by atoms with Crippen LogP contribution < -0.4 is 42.5 Å². The molecule has 8 N–H and O–H groups in total. The fraction of sp³-hybridized carbons (Fsp3) is 0.733. The fourth-order valence-electron chi connectivity index (χ4n) is 10.8. The van der Waals surface area contributed by atoms with Crippen molar-refractivity contribution in [2.45, 2.75) is 199 Å². The van der Waals surface area contributed by atoms with Crippen molar-refractivity contribution in [2.24, 2.45) is 9.98 Å². The van der Waals surface area contributed by atoms with Crippen LogP contribution in [-0.4, -0.2) is 332 Å². The van der Waals surface area contributed by atoms with Gasteiger partial charge in [-0.2, -0.15) is 0 Å². The third kappa shape index (κ3) is 42.6. The van der Waals surface area contributed by atoms with Gasteiger partial charge in [0.2, 0.25) is 53.0 Å². The standard InChI is InChI=1S/C75H119N11O33/c1-18-26-101-32-34-105-36-37-106-35-33-104-29-21-56(91)86(25-31-103-28-20-23-77-55(90)43-110-60(53-41-111-71(98)115-53)62-58(79-47(3)88)49(39-51(114-62)64(93)100-17)81-66(84-69(96)118-74(10,11)12)85-70(97)119-75(13,14)15)24-30-102-27-19-22-76-54(89)42-109-59(52-40-107-44-108-45-112-52)61-57(78-46(2)87)48(38-50(113-61)63(92)99-16)80-65(82-67(94)116-72(4,5)6)83-68(95)117-73(7,8)9/h1,38-39,48-49,52-53,57-62H,19-37,40-45H2,2-17H3,(H,76,89)(H,77,90)(H,78,87)(H,79,88)(H2,80,82,83,94,95)(H2,81,84,85,96,97)/t48-,49-,52+,53+,57+,58+,59+,60+,61+,62+/m0/s1. The van der Waals surface area contributed by atoms with Crippen molar-refractivity contribution in [3.63, 3.8) is 0 Å². The molecule has 4 rings (SSSR count). The minimum absolute atomic E-state index is 0.0192. The molecule has 4 heterocycles. The van der Waals surface area contributed by atoms with Gasteiger partial charge in [-0.3, -0.25) is 45.2 Å². The molecule has 2 fully saturated rings. The van der Waals surface area contributed by atoms with Crippen LogP contribution in [0.1, 0.15) is 116 Å². The van der Waals surface area contributed by atoms with Gasteiger partial charge in [-0.25, -0.2) is 43.5 Å². The zero-order valence-corrected chi connectivity index (χ0v) is 70.5. The van der Waals surface area contributed by atoms with Gasteiger partial charge in [0, 0.05) is 53.2 Å². The van der Waals surface area contributed by atoms with E-state index in [1.165, 1.54) is 17.9 Å². The van der Waals surface area contributed by atoms with Crippen LogP contribution in [0.25, 0.3) is 0 Å². The Morgan fingerprint density at radius 2 is 0.908 bits per heavy atom. The highest BCUT2D eigenvalue weighted by atomic mass is 16.8. The molecule has 119 heavy (non-hydrogen) atoms. The molecule has 0 unspecified atom stereocenters. The molecule has 0 radical (unpaired) electrons. The number of carbonyl (C=O) groups excluding carboxylic acids is 12. The molecule has 0 aromatic carbocycles. The maximum Gasteiger partial charge on any atom is 0.508 e. The Bertz CT molecular complexity index is 3400. The molecule has 672 valence electrons. The van der Waals surface area contributed by atoms with Gasteiger partial charge in [0.25, 0.3) is 0 Å². The second-order valence-electron chi connectivity index (χ2n) is 30.2. The molecule has 4 aliphatic heterocycles. The highest BCUT2D eigenvalue weighted by Crippen LogP contribution is 2.32. The maximum atomic E-state index is 13.7. The van der Waals surface area contributed by atoms with E-state index in [1.54, 1.807) is 83.1 Å². The van der Waals surface area contributed by atoms with Gasteiger partial charge in [-0.15, -0.1) is 6.42 Å². The highest BCUT2D eigenvalue weighted by Gasteiger charge is 2.50. The third-order valence-corrected chi connectivity index (χ3v) is 15.5. The number of esters is 2. The van der Waals surface area contributed by atoms with Crippen LogP contribution in [0, 0.1) is 12.3 Å². The monoisotopic (exact) mass is 1700 g/mol. The number of nitrogens with zero attached hydrogens (tertiary/aromatic N) is 3. The van der Waals surface area contributed by atoms with Crippen molar-refractivity contribution >= 4 is 83.9 Å². The Morgan fingerprint density at radius 3 is 1.29 bits per heavy atom. The molecule has 4 aliphatic rings. The Kier molecular flexibility index (Phi) is 44.6. The predicted octanol–water partition coefficient (Wildman–Crippen LogP) is 1.07. The molecular weight excluding hydrogens is 1580 g/mol. The summed E-state index contributed by atoms with van der Waals surface area (Å²) in [5.41, 5.74) is -4.08. The molecule has 44 heteroatoms. The van der Waals surface area contributed by atoms with Crippen LogP contribution in [0.3, 0.4) is 0 Å². The van der Waals surface area contributed by atoms with Gasteiger partial charge in [0.05, 0.1) is 111 Å². The number of hydrogen-bond acceptors (Lipinski definition) is 35. The number of cyclic esters (lactones) is 2. The van der Waals surface area contributed by atoms with E-state index in [0.717, 1.165) is 27.2 Å². The maximum absolute atomic E-state index is 13.7. The lowest BCUT2D eigenvalue weighted by Crippen LogP contribution is -2.61. The number of nitrogens with one attached hydrogen (secondary N) is 8. The molecule has 0 spiro atoms. The highest BCUT2D eigenvalue weighted by molar-refractivity contribution is 6.02. The number of terminal acetylenes is 1. The minimum Gasteiger partial charge on any atom is -0.478 e. The van der Waals surface area contributed by atoms with Crippen molar-refractivity contribution in [2.75, 3.05) is 160 Å². The molecule has 9 amide bonds. The van der Waals surface area contributed by atoms with Crippen molar-refractivity contribution in [3.8, 4) is 12.3 Å². The van der Waals surface area contributed by atoms with Crippen molar-refractivity contribution in [1.82, 2.24) is 47.4 Å². The topological polar surface area (TPSA) is 523 Å². The van der Waals surface area contributed by atoms with Gasteiger partial charge in [0.1, 0.15) is 80.7 Å². The lowest BCUT2D eigenvalue weighted by molar-refractivity contribution is -0.171. The molecule has 0 aliphatic carbocycles. The molecule has 44 nitrogen and oxygen atoms in total. The van der Waals surface area contributed by atoms with E-state index in [4.69, 9.17) is 106 Å². The third-order valence-electron chi connectivity index (χ3n) is 15.5. The van der Waals surface area contributed by atoms with Crippen LogP contribution in [0.15, 0.2) is 33.7 Å². The Balaban J connectivity index is 1.43. The zero-order chi connectivity index (χ0) is 88.3. The number of hydrogen-bond donors (Lipinski definition) is 8. The largest absolute Gasteiger partial charge is 0.508 e. The van der Waals surface area contributed by atoms with Gasteiger partial charge >= 0.3 is 42.5 Å². The van der Waals surface area contributed by atoms with E-state index in [0.29, 0.717) is 26.4 Å². The summed E-state index contributed by atoms with van der Waals surface area (Å²) >= 11 is 0. The van der Waals surface area contributed by atoms with Crippen molar-refractivity contribution in [1.29, 1.82) is 0 Å². The number of methoxy groups -OCH3 is 2. The number of ether oxygens (including phenoxy) is 21. The van der Waals surface area contributed by atoms with Crippen molar-refractivity contribution in [3.05, 3.63) is 23.7 Å². The Morgan fingerprint density at radius 1 is 0.513 bits per heavy atom. The lowest BCUT2D eigenvalue weighted by Gasteiger charge is -2.41. The number of rotatable bonds is 43. The SMILES string of the molecule is C#CCOCCOCCOCCOCCC(=O)N(CCOCCCNC(=O)CO[C@@H]([C@@H]1OC(C(=O)OC)=C[C@H](N=C(NC(=O)OC(C)(C)C)NC(=O)OC(C)(C)C)[C@H]1NC(C)=O)[C@H]1COCOCO1)CCOCCCNC(=O)CO[C@@H]([C@@H]1OC(C(=O)OC)=C[C@H](N=C(NC(=O)OC(C)(C)C)NC(=O)OC(C)(C)C)[C@H]1NC(C)=O)[C@H]1COC(=O)O1. The first-order valence-electron chi connectivity index (χ1n) is 38.3. The molecule has 0 aromatic rings. The van der Waals surface area contributed by atoms with E-state index in [9.17, 15) is 57.5 Å². The average molecular weight is 1700 g/mol. The zero-order valence-electron chi connectivity index (χ0n) is 70.5. The summed E-state index contributed by atoms with van der Waals surface area (Å²) in [6.07, 6.45) is -5.72. The van der Waals surface area contributed by atoms with Crippen LogP contribution in [0.4, 0.5) is 24.0 Å². The van der Waals surface area contributed by atoms with Gasteiger partial charge in [-0.1, -0.05) is 5.92 Å². The van der Waals surface area contributed by atoms with Crippen LogP contribution in [-0.2, 0) is 133 Å². The van der Waals surface area contributed by atoms with Crippen molar-refractivity contribution < 1.29 is 157 Å². The van der Waals surface area contributed by atoms with Crippen LogP contribution >= 0.6 is 0 Å². The van der Waals surface area contributed by atoms with E-state index in [2.05, 4.69) is 58.4 Å². The number of alkyl carbamates (subject to hydrolysis) is 4. The molecule has 0 bridgehead atoms. The Hall–Kier alpha value is -9.82. The normalized spacial score (nSPS) is 19.7. The average Bonchev–Trinajstić information content (AvgIpc) is 1.67. The number of aliphatic imine (C=N–C) groups is 2. The summed E-state index contributed by atoms with van der Waals surface area (Å²) < 4.78 is 117. The van der Waals surface area contributed by atoms with Gasteiger partial charge in [-0.05, 0) is 108 Å². The first-order valence-corrected chi connectivity index (χ1v) is 38.3. The summed E-state index contributed by atoms with van der Waals surface area (Å²) in [4.78, 5) is 169. The summed E-state index contributed by atoms with van der Waals surface area (Å²) in [7, 11) is 2.14. The summed E-state index contributed by atoms with van der Waals surface area (Å²) in [6, 6.07) is -5.53. The van der Waals surface area contributed by atoms with E-state index < -0.39 is 193 Å². The molecule has 0 aromatic heterocycles. The number of carbonyl (C=O) groups is 12. The fourth-order valence-corrected chi connectivity index (χ4v) is 10.8. The first kappa shape index (κ1) is 102. The lowest BCUT2D eigenvalue weighted by atomic mass is 9.92. The molecular formula is C75H119N11O33. The summed E-state index contributed by atoms with van der Waals surface area (Å²) in [5.74, 6) is -4.64. The smallest absolute Gasteiger partial charge is 0.478 e. The second-order valence-corrected chi connectivity index (χ2v) is 30.2. The van der Waals surface area contributed by atoms with Crippen LogP contribution in [0.5, 0.6) is 0 Å². The van der Waals surface area contributed by atoms with E-state index >= 15 is 0 Å². The van der Waals surface area contributed by atoms with Gasteiger partial charge in [0.15, 0.2) is 18.3 Å². The van der Waals surface area contributed by atoms with Crippen LogP contribution in [0.2, 0.25) is 0 Å². The minimum atomic E-state index is -1.56. The van der Waals surface area contributed by atoms with E-state index in [-0.39, 0.29) is 124 Å².